The highest BCUT2D eigenvalue weighted by Crippen LogP contribution is 2.58. The van der Waals surface area contributed by atoms with Crippen LogP contribution in [-0.2, 0) is 20.7 Å². The van der Waals surface area contributed by atoms with Crippen LogP contribution in [0.15, 0.2) is 60.7 Å². The number of esters is 1. The number of aliphatic hydroxyl groups is 2. The third kappa shape index (κ3) is 5.06. The largest absolute Gasteiger partial charge is 0.497 e. The third-order valence-electron chi connectivity index (χ3n) is 8.74. The monoisotopic (exact) mass is 523 g/mol. The number of hydrogen-bond acceptors (Lipinski definition) is 6. The second kappa shape index (κ2) is 10.7. The Labute approximate surface area is 225 Å². The molecule has 1 spiro atoms. The van der Waals surface area contributed by atoms with Gasteiger partial charge in [-0.25, -0.2) is 0 Å². The Kier molecular flexibility index (Phi) is 7.91. The van der Waals surface area contributed by atoms with E-state index in [-0.39, 0.29) is 29.7 Å². The maximum absolute atomic E-state index is 14.2. The van der Waals surface area contributed by atoms with Crippen molar-refractivity contribution >= 4 is 11.9 Å². The van der Waals surface area contributed by atoms with E-state index in [1.54, 1.807) is 26.2 Å². The summed E-state index contributed by atoms with van der Waals surface area (Å²) in [4.78, 5) is 26.6. The van der Waals surface area contributed by atoms with Gasteiger partial charge >= 0.3 is 5.97 Å². The van der Waals surface area contributed by atoms with Crippen molar-refractivity contribution in [2.75, 3.05) is 7.11 Å². The van der Waals surface area contributed by atoms with Crippen LogP contribution in [0, 0.1) is 29.1 Å². The van der Waals surface area contributed by atoms with Crippen LogP contribution in [0.5, 0.6) is 5.75 Å². The lowest BCUT2D eigenvalue weighted by molar-refractivity contribution is -0.166. The molecule has 0 radical (unpaired) electrons. The van der Waals surface area contributed by atoms with Crippen LogP contribution in [0.2, 0.25) is 0 Å². The Hall–Kier alpha value is -2.90. The van der Waals surface area contributed by atoms with E-state index >= 15 is 0 Å². The lowest BCUT2D eigenvalue weighted by Crippen LogP contribution is -2.60. The molecule has 3 aliphatic rings. The molecule has 9 unspecified atom stereocenters. The highest BCUT2D eigenvalue weighted by atomic mass is 16.5. The molecular formula is C31H41NO6. The zero-order chi connectivity index (χ0) is 27.8. The second-order valence-corrected chi connectivity index (χ2v) is 11.6. The van der Waals surface area contributed by atoms with Crippen molar-refractivity contribution in [2.45, 2.75) is 70.8 Å². The Bertz CT molecular complexity index is 1120. The molecule has 1 saturated heterocycles. The fourth-order valence-corrected chi connectivity index (χ4v) is 7.05. The molecular weight excluding hydrogens is 482 g/mol. The fourth-order valence-electron chi connectivity index (χ4n) is 7.05. The minimum absolute atomic E-state index is 0.158. The van der Waals surface area contributed by atoms with E-state index < -0.39 is 35.1 Å². The first-order chi connectivity index (χ1) is 17.9. The van der Waals surface area contributed by atoms with E-state index in [1.807, 2.05) is 43.3 Å². The number of rotatable bonds is 4. The average Bonchev–Trinajstić information content (AvgIpc) is 3.13. The first kappa shape index (κ1) is 28.1. The van der Waals surface area contributed by atoms with Gasteiger partial charge in [-0.05, 0) is 67.4 Å². The summed E-state index contributed by atoms with van der Waals surface area (Å²) in [5.41, 5.74) is -0.758. The van der Waals surface area contributed by atoms with E-state index in [9.17, 15) is 19.8 Å². The molecule has 2 aliphatic carbocycles. The maximum Gasteiger partial charge on any atom is 0.303 e. The van der Waals surface area contributed by atoms with E-state index in [2.05, 4.69) is 18.8 Å². The average molecular weight is 524 g/mol. The molecule has 0 aromatic heterocycles. The van der Waals surface area contributed by atoms with Gasteiger partial charge in [0.2, 0.25) is 5.91 Å². The zero-order valence-corrected chi connectivity index (χ0v) is 23.0. The number of methoxy groups -OCH3 is 1. The number of hydrogen-bond donors (Lipinski definition) is 3. The molecule has 206 valence electrons. The molecule has 1 amide bonds. The van der Waals surface area contributed by atoms with Crippen molar-refractivity contribution in [3.8, 4) is 5.75 Å². The molecule has 1 aromatic carbocycles. The number of amides is 1. The third-order valence-corrected chi connectivity index (χ3v) is 8.74. The molecule has 1 saturated carbocycles. The van der Waals surface area contributed by atoms with Gasteiger partial charge in [0.15, 0.2) is 0 Å². The molecule has 1 aliphatic heterocycles. The van der Waals surface area contributed by atoms with Gasteiger partial charge < -0.3 is 25.0 Å². The minimum Gasteiger partial charge on any atom is -0.497 e. The molecule has 2 fully saturated rings. The van der Waals surface area contributed by atoms with Crippen molar-refractivity contribution in [2.24, 2.45) is 29.1 Å². The fraction of sp³-hybridized carbons (Fsp3) is 0.548. The number of ether oxygens (including phenoxy) is 2. The molecule has 1 heterocycles. The quantitative estimate of drug-likeness (QED) is 0.410. The second-order valence-electron chi connectivity index (χ2n) is 11.6. The van der Waals surface area contributed by atoms with Gasteiger partial charge in [-0.15, -0.1) is 0 Å². The molecule has 0 bridgehead atoms. The number of aliphatic hydroxyl groups excluding tert-OH is 1. The molecule has 3 N–H and O–H groups in total. The van der Waals surface area contributed by atoms with E-state index in [0.29, 0.717) is 24.8 Å². The normalized spacial score (nSPS) is 39.0. The summed E-state index contributed by atoms with van der Waals surface area (Å²) in [6, 6.07) is 7.44. The molecule has 9 atom stereocenters. The zero-order valence-electron chi connectivity index (χ0n) is 23.0. The highest BCUT2D eigenvalue weighted by molar-refractivity contribution is 5.89. The van der Waals surface area contributed by atoms with Crippen LogP contribution in [0.3, 0.4) is 0 Å². The van der Waals surface area contributed by atoms with Crippen LogP contribution in [0.4, 0.5) is 0 Å². The summed E-state index contributed by atoms with van der Waals surface area (Å²) in [7, 11) is 1.62. The van der Waals surface area contributed by atoms with Gasteiger partial charge in [0.05, 0.1) is 18.8 Å². The first-order valence-electron chi connectivity index (χ1n) is 13.5. The van der Waals surface area contributed by atoms with Gasteiger partial charge in [-0.2, -0.15) is 0 Å². The lowest BCUT2D eigenvalue weighted by atomic mass is 9.51. The Morgan fingerprint density at radius 2 is 1.89 bits per heavy atom. The molecule has 38 heavy (non-hydrogen) atoms. The van der Waals surface area contributed by atoms with Crippen LogP contribution < -0.4 is 10.1 Å². The summed E-state index contributed by atoms with van der Waals surface area (Å²) in [5.74, 6) is -1.13. The van der Waals surface area contributed by atoms with Crippen molar-refractivity contribution in [3.05, 3.63) is 66.3 Å². The number of carbonyl (C=O) groups is 2. The van der Waals surface area contributed by atoms with Crippen molar-refractivity contribution in [1.29, 1.82) is 0 Å². The van der Waals surface area contributed by atoms with E-state index in [4.69, 9.17) is 9.47 Å². The van der Waals surface area contributed by atoms with Gasteiger partial charge in [0.25, 0.3) is 0 Å². The summed E-state index contributed by atoms with van der Waals surface area (Å²) < 4.78 is 11.2. The van der Waals surface area contributed by atoms with E-state index in [1.165, 1.54) is 6.92 Å². The number of allylic oxidation sites excluding steroid dienone is 1. The van der Waals surface area contributed by atoms with Crippen LogP contribution in [0.1, 0.15) is 46.1 Å². The Morgan fingerprint density at radius 1 is 1.21 bits per heavy atom. The summed E-state index contributed by atoms with van der Waals surface area (Å²) in [6.45, 7) is 11.3. The first-order valence-corrected chi connectivity index (χ1v) is 13.5. The van der Waals surface area contributed by atoms with Crippen molar-refractivity contribution in [1.82, 2.24) is 5.32 Å². The smallest absolute Gasteiger partial charge is 0.303 e. The Balaban J connectivity index is 1.89. The van der Waals surface area contributed by atoms with E-state index in [0.717, 1.165) is 11.3 Å². The summed E-state index contributed by atoms with van der Waals surface area (Å²) in [6.07, 6.45) is 6.94. The lowest BCUT2D eigenvalue weighted by Gasteiger charge is -2.52. The van der Waals surface area contributed by atoms with Gasteiger partial charge in [-0.3, -0.25) is 9.59 Å². The number of nitrogens with one attached hydrogen (secondary N) is 1. The van der Waals surface area contributed by atoms with Gasteiger partial charge in [-0.1, -0.05) is 50.8 Å². The molecule has 4 rings (SSSR count). The molecule has 7 nitrogen and oxygen atoms in total. The van der Waals surface area contributed by atoms with Gasteiger partial charge in [0.1, 0.15) is 17.3 Å². The SMILES string of the molecule is C=C1C(C)C2C(Cc3ccc(OC)cc3)NC(=O)C23C(OC(C)=O)C=CC(C)(O)CC(C)CC=CC3C1O. The highest BCUT2D eigenvalue weighted by Gasteiger charge is 2.68. The minimum atomic E-state index is -1.29. The van der Waals surface area contributed by atoms with Crippen LogP contribution >= 0.6 is 0 Å². The predicted octanol–water partition coefficient (Wildman–Crippen LogP) is 3.75. The molecule has 7 heteroatoms. The Morgan fingerprint density at radius 3 is 2.53 bits per heavy atom. The van der Waals surface area contributed by atoms with Crippen molar-refractivity contribution < 1.29 is 29.3 Å². The number of benzene rings is 1. The van der Waals surface area contributed by atoms with Crippen LogP contribution in [0.25, 0.3) is 0 Å². The molecule has 1 aromatic rings. The standard InChI is InChI=1S/C31H41NO6/c1-18-8-7-9-24-28(34)20(3)19(2)27-25(16-22-10-12-23(37-6)13-11-22)32-29(35)31(24,27)26(38-21(4)33)14-15-30(5,36)17-18/h7,9-15,18-19,24-28,34,36H,3,8,16-17H2,1-2,4-6H3,(H,32,35). The predicted molar refractivity (Wildman–Crippen MR) is 145 cm³/mol. The van der Waals surface area contributed by atoms with Crippen LogP contribution in [-0.4, -0.2) is 53.1 Å². The maximum atomic E-state index is 14.2. The number of carbonyl (C=O) groups excluding carboxylic acids is 2. The van der Waals surface area contributed by atoms with Gasteiger partial charge in [0, 0.05) is 24.8 Å². The summed E-state index contributed by atoms with van der Waals surface area (Å²) in [5, 5.41) is 25.9. The summed E-state index contributed by atoms with van der Waals surface area (Å²) >= 11 is 0. The topological polar surface area (TPSA) is 105 Å². The van der Waals surface area contributed by atoms with Crippen molar-refractivity contribution in [3.63, 3.8) is 0 Å².